The van der Waals surface area contributed by atoms with E-state index in [0.717, 1.165) is 23.1 Å². The largest absolute Gasteiger partial charge is 0.382 e. The number of aryl methyl sites for hydroxylation is 1. The van der Waals surface area contributed by atoms with E-state index in [4.69, 9.17) is 0 Å². The van der Waals surface area contributed by atoms with Crippen molar-refractivity contribution in [3.63, 3.8) is 0 Å². The van der Waals surface area contributed by atoms with Crippen molar-refractivity contribution in [2.24, 2.45) is 7.05 Å². The lowest BCUT2D eigenvalue weighted by atomic mass is 9.99. The van der Waals surface area contributed by atoms with E-state index in [2.05, 4.69) is 26.3 Å². The second kappa shape index (κ2) is 3.08. The second-order valence-corrected chi connectivity index (χ2v) is 4.28. The van der Waals surface area contributed by atoms with Crippen LogP contribution in [-0.4, -0.2) is 28.0 Å². The molecule has 0 spiro atoms. The summed E-state index contributed by atoms with van der Waals surface area (Å²) in [7, 11) is 1.84. The van der Waals surface area contributed by atoms with E-state index in [1.165, 1.54) is 0 Å². The van der Waals surface area contributed by atoms with Crippen LogP contribution in [-0.2, 0) is 12.6 Å². The monoisotopic (exact) mass is 245 g/mol. The smallest absolute Gasteiger partial charge is 0.121 e. The van der Waals surface area contributed by atoms with Crippen molar-refractivity contribution in [2.75, 3.05) is 13.1 Å². The minimum Gasteiger partial charge on any atom is -0.382 e. The van der Waals surface area contributed by atoms with Gasteiger partial charge in [0.25, 0.3) is 0 Å². The molecule has 72 valence electrons. The van der Waals surface area contributed by atoms with Crippen molar-refractivity contribution in [1.29, 1.82) is 0 Å². The highest BCUT2D eigenvalue weighted by atomic mass is 79.9. The van der Waals surface area contributed by atoms with Crippen molar-refractivity contribution >= 4 is 15.9 Å². The van der Waals surface area contributed by atoms with E-state index < -0.39 is 5.60 Å². The maximum Gasteiger partial charge on any atom is 0.121 e. The number of β-amino-alcohol motifs (C(OH)–C–C–N with tert-alkyl or cyclic N) is 1. The molecular weight excluding hydrogens is 234 g/mol. The molecule has 0 saturated carbocycles. The minimum absolute atomic E-state index is 0.602. The Balaban J connectivity index is 2.43. The summed E-state index contributed by atoms with van der Waals surface area (Å²) in [6.07, 6.45) is 2.46. The summed E-state index contributed by atoms with van der Waals surface area (Å²) in [6.45, 7) is 1.46. The number of halogens is 1. The lowest BCUT2D eigenvalue weighted by Crippen LogP contribution is -2.31. The van der Waals surface area contributed by atoms with Gasteiger partial charge in [-0.3, -0.25) is 4.68 Å². The Labute approximate surface area is 85.1 Å². The predicted molar refractivity (Wildman–Crippen MR) is 52.3 cm³/mol. The summed E-state index contributed by atoms with van der Waals surface area (Å²) < 4.78 is 2.60. The van der Waals surface area contributed by atoms with Crippen molar-refractivity contribution in [2.45, 2.75) is 12.0 Å². The molecular formula is C8H12BrN3O. The quantitative estimate of drug-likeness (QED) is 0.752. The van der Waals surface area contributed by atoms with Gasteiger partial charge in [-0.15, -0.1) is 0 Å². The molecule has 5 heteroatoms. The third kappa shape index (κ3) is 1.41. The lowest BCUT2D eigenvalue weighted by molar-refractivity contribution is 0.0493. The molecule has 1 saturated heterocycles. The Morgan fingerprint density at radius 2 is 2.54 bits per heavy atom. The Hall–Kier alpha value is -0.390. The normalized spacial score (nSPS) is 28.2. The van der Waals surface area contributed by atoms with Crippen LogP contribution in [0.1, 0.15) is 12.1 Å². The molecule has 4 nitrogen and oxygen atoms in total. The summed E-state index contributed by atoms with van der Waals surface area (Å²) in [6, 6.07) is 0. The molecule has 2 rings (SSSR count). The maximum atomic E-state index is 10.3. The maximum absolute atomic E-state index is 10.3. The van der Waals surface area contributed by atoms with Gasteiger partial charge in [0.2, 0.25) is 0 Å². The van der Waals surface area contributed by atoms with E-state index in [9.17, 15) is 5.11 Å². The average Bonchev–Trinajstić information content (AvgIpc) is 2.60. The van der Waals surface area contributed by atoms with Gasteiger partial charge in [-0.05, 0) is 28.9 Å². The zero-order chi connectivity index (χ0) is 9.47. The number of aromatic nitrogens is 2. The highest BCUT2D eigenvalue weighted by Gasteiger charge is 2.37. The third-order valence-corrected chi connectivity index (χ3v) is 3.05. The number of nitrogens with zero attached hydrogens (tertiary/aromatic N) is 2. The van der Waals surface area contributed by atoms with Crippen LogP contribution in [0.2, 0.25) is 0 Å². The van der Waals surface area contributed by atoms with Gasteiger partial charge in [0, 0.05) is 13.6 Å². The van der Waals surface area contributed by atoms with Gasteiger partial charge >= 0.3 is 0 Å². The van der Waals surface area contributed by atoms with Gasteiger partial charge in [-0.1, -0.05) is 0 Å². The Morgan fingerprint density at radius 3 is 3.00 bits per heavy atom. The minimum atomic E-state index is -0.760. The standard InChI is InChI=1S/C8H12BrN3O/c1-12-7(6(9)4-11-12)8(13)2-3-10-5-8/h4,10,13H,2-3,5H2,1H3. The SMILES string of the molecule is Cn1ncc(Br)c1C1(O)CCNC1. The zero-order valence-corrected chi connectivity index (χ0v) is 9.00. The van der Waals surface area contributed by atoms with Crippen LogP contribution in [0.25, 0.3) is 0 Å². The molecule has 1 fully saturated rings. The molecule has 0 bridgehead atoms. The first-order valence-corrected chi connectivity index (χ1v) is 5.04. The molecule has 1 unspecified atom stereocenters. The van der Waals surface area contributed by atoms with E-state index in [1.807, 2.05) is 7.05 Å². The van der Waals surface area contributed by atoms with Crippen LogP contribution in [0.3, 0.4) is 0 Å². The van der Waals surface area contributed by atoms with Crippen LogP contribution in [0, 0.1) is 0 Å². The zero-order valence-electron chi connectivity index (χ0n) is 7.42. The Bertz CT molecular complexity index is 298. The van der Waals surface area contributed by atoms with Gasteiger partial charge in [-0.25, -0.2) is 0 Å². The van der Waals surface area contributed by atoms with Crippen LogP contribution < -0.4 is 5.32 Å². The topological polar surface area (TPSA) is 50.1 Å². The van der Waals surface area contributed by atoms with Crippen molar-refractivity contribution < 1.29 is 5.11 Å². The number of nitrogens with one attached hydrogen (secondary N) is 1. The number of aliphatic hydroxyl groups is 1. The molecule has 0 amide bonds. The first kappa shape index (κ1) is 9.18. The van der Waals surface area contributed by atoms with Gasteiger partial charge in [-0.2, -0.15) is 5.10 Å². The summed E-state index contributed by atoms with van der Waals surface area (Å²) in [4.78, 5) is 0. The average molecular weight is 246 g/mol. The first-order valence-electron chi connectivity index (χ1n) is 4.24. The summed E-state index contributed by atoms with van der Waals surface area (Å²) in [5, 5.41) is 17.5. The van der Waals surface area contributed by atoms with E-state index in [0.29, 0.717) is 6.54 Å². The second-order valence-electron chi connectivity index (χ2n) is 3.42. The van der Waals surface area contributed by atoms with Crippen LogP contribution >= 0.6 is 15.9 Å². The van der Waals surface area contributed by atoms with E-state index >= 15 is 0 Å². The van der Waals surface area contributed by atoms with Gasteiger partial charge < -0.3 is 10.4 Å². The fraction of sp³-hybridized carbons (Fsp3) is 0.625. The fourth-order valence-corrected chi connectivity index (χ4v) is 2.53. The molecule has 1 aliphatic rings. The van der Waals surface area contributed by atoms with Crippen LogP contribution in [0.15, 0.2) is 10.7 Å². The van der Waals surface area contributed by atoms with E-state index in [1.54, 1.807) is 10.9 Å². The molecule has 1 aromatic heterocycles. The Kier molecular flexibility index (Phi) is 2.17. The number of rotatable bonds is 1. The summed E-state index contributed by atoms with van der Waals surface area (Å²) in [5.41, 5.74) is 0.0990. The highest BCUT2D eigenvalue weighted by molar-refractivity contribution is 9.10. The summed E-state index contributed by atoms with van der Waals surface area (Å²) in [5.74, 6) is 0. The first-order chi connectivity index (χ1) is 6.13. The van der Waals surface area contributed by atoms with Crippen LogP contribution in [0.5, 0.6) is 0 Å². The van der Waals surface area contributed by atoms with E-state index in [-0.39, 0.29) is 0 Å². The molecule has 1 atom stereocenters. The molecule has 0 aromatic carbocycles. The third-order valence-electron chi connectivity index (χ3n) is 2.47. The highest BCUT2D eigenvalue weighted by Crippen LogP contribution is 2.32. The van der Waals surface area contributed by atoms with Crippen molar-refractivity contribution in [3.05, 3.63) is 16.4 Å². The molecule has 2 heterocycles. The fourth-order valence-electron chi connectivity index (χ4n) is 1.82. The summed E-state index contributed by atoms with van der Waals surface area (Å²) >= 11 is 3.39. The predicted octanol–water partition coefficient (Wildman–Crippen LogP) is 0.363. The Morgan fingerprint density at radius 1 is 1.77 bits per heavy atom. The molecule has 2 N–H and O–H groups in total. The van der Waals surface area contributed by atoms with Crippen molar-refractivity contribution in [3.8, 4) is 0 Å². The lowest BCUT2D eigenvalue weighted by Gasteiger charge is -2.21. The van der Waals surface area contributed by atoms with Crippen LogP contribution in [0.4, 0.5) is 0 Å². The van der Waals surface area contributed by atoms with Crippen molar-refractivity contribution in [1.82, 2.24) is 15.1 Å². The molecule has 1 aliphatic heterocycles. The number of hydrogen-bond acceptors (Lipinski definition) is 3. The number of hydrogen-bond donors (Lipinski definition) is 2. The van der Waals surface area contributed by atoms with Gasteiger partial charge in [0.05, 0.1) is 16.4 Å². The molecule has 0 radical (unpaired) electrons. The van der Waals surface area contributed by atoms with Gasteiger partial charge in [0.1, 0.15) is 5.60 Å². The van der Waals surface area contributed by atoms with Gasteiger partial charge in [0.15, 0.2) is 0 Å². The molecule has 0 aliphatic carbocycles. The molecule has 1 aromatic rings. The molecule has 13 heavy (non-hydrogen) atoms.